The first-order chi connectivity index (χ1) is 12.8. The van der Waals surface area contributed by atoms with E-state index < -0.39 is 30.3 Å². The summed E-state index contributed by atoms with van der Waals surface area (Å²) in [6.07, 6.45) is 9.25. The number of carboxylic acids is 1. The maximum absolute atomic E-state index is 10.7. The van der Waals surface area contributed by atoms with E-state index >= 15 is 0 Å². The van der Waals surface area contributed by atoms with Gasteiger partial charge >= 0.3 is 5.97 Å². The van der Waals surface area contributed by atoms with Gasteiger partial charge in [0.15, 0.2) is 0 Å². The Hall–Kier alpha value is -0.990. The van der Waals surface area contributed by atoms with Gasteiger partial charge in [0.2, 0.25) is 0 Å². The summed E-state index contributed by atoms with van der Waals surface area (Å²) in [5, 5.41) is 47.6. The second-order valence-corrected chi connectivity index (χ2v) is 7.26. The summed E-state index contributed by atoms with van der Waals surface area (Å²) in [5.74, 6) is -1.44. The van der Waals surface area contributed by atoms with E-state index in [4.69, 9.17) is 10.8 Å². The summed E-state index contributed by atoms with van der Waals surface area (Å²) in [7, 11) is 0. The van der Waals surface area contributed by atoms with Crippen LogP contribution in [0.3, 0.4) is 0 Å². The standard InChI is InChI=1S/C20H39NO6/c1-2-3-4-9-12-15(22)13-10-7-5-6-8-11-14-16(23)18(24)19(25)17(21)20(26)27/h11,14-19,22-25H,2-10,12-13,21H2,1H3,(H,26,27)/b14-11+/t15-,16-,17-,18+,19+/m0/s1. The van der Waals surface area contributed by atoms with E-state index in [9.17, 15) is 25.2 Å². The molecule has 0 saturated heterocycles. The van der Waals surface area contributed by atoms with E-state index in [0.717, 1.165) is 44.9 Å². The Morgan fingerprint density at radius 1 is 0.889 bits per heavy atom. The topological polar surface area (TPSA) is 144 Å². The molecule has 0 unspecified atom stereocenters. The first kappa shape index (κ1) is 26.0. The number of aliphatic hydroxyl groups is 4. The molecule has 0 amide bonds. The van der Waals surface area contributed by atoms with Crippen LogP contribution in [0.5, 0.6) is 0 Å². The maximum atomic E-state index is 10.7. The molecular formula is C20H39NO6. The molecule has 0 heterocycles. The van der Waals surface area contributed by atoms with Crippen LogP contribution >= 0.6 is 0 Å². The lowest BCUT2D eigenvalue weighted by Crippen LogP contribution is -2.51. The fourth-order valence-corrected chi connectivity index (χ4v) is 2.86. The van der Waals surface area contributed by atoms with Crippen molar-refractivity contribution in [2.24, 2.45) is 5.73 Å². The molecular weight excluding hydrogens is 350 g/mol. The van der Waals surface area contributed by atoms with Crippen molar-refractivity contribution in [2.45, 2.75) is 108 Å². The summed E-state index contributed by atoms with van der Waals surface area (Å²) in [4.78, 5) is 10.7. The number of carboxylic acid groups (broad SMARTS) is 1. The molecule has 5 atom stereocenters. The Morgan fingerprint density at radius 2 is 1.44 bits per heavy atom. The molecule has 0 aliphatic carbocycles. The predicted octanol–water partition coefficient (Wildman–Crippen LogP) is 1.71. The van der Waals surface area contributed by atoms with Gasteiger partial charge in [0.1, 0.15) is 24.4 Å². The van der Waals surface area contributed by atoms with Crippen molar-refractivity contribution in [3.05, 3.63) is 12.2 Å². The van der Waals surface area contributed by atoms with E-state index in [1.165, 1.54) is 25.3 Å². The predicted molar refractivity (Wildman–Crippen MR) is 105 cm³/mol. The highest BCUT2D eigenvalue weighted by molar-refractivity contribution is 5.74. The highest BCUT2D eigenvalue weighted by Gasteiger charge is 2.32. The van der Waals surface area contributed by atoms with Gasteiger partial charge in [-0.25, -0.2) is 0 Å². The molecule has 160 valence electrons. The van der Waals surface area contributed by atoms with E-state index in [1.807, 2.05) is 0 Å². The highest BCUT2D eigenvalue weighted by atomic mass is 16.4. The molecule has 0 aliphatic heterocycles. The third kappa shape index (κ3) is 12.9. The van der Waals surface area contributed by atoms with E-state index in [2.05, 4.69) is 6.92 Å². The summed E-state index contributed by atoms with van der Waals surface area (Å²) < 4.78 is 0. The van der Waals surface area contributed by atoms with Gasteiger partial charge in [-0.05, 0) is 25.7 Å². The third-order valence-electron chi connectivity index (χ3n) is 4.74. The van der Waals surface area contributed by atoms with Gasteiger partial charge in [0.05, 0.1) is 6.10 Å². The van der Waals surface area contributed by atoms with Crippen molar-refractivity contribution < 1.29 is 30.3 Å². The zero-order valence-electron chi connectivity index (χ0n) is 16.5. The van der Waals surface area contributed by atoms with Crippen molar-refractivity contribution in [1.82, 2.24) is 0 Å². The Kier molecular flexibility index (Phi) is 15.4. The van der Waals surface area contributed by atoms with Crippen molar-refractivity contribution in [1.29, 1.82) is 0 Å². The van der Waals surface area contributed by atoms with Gasteiger partial charge in [-0.3, -0.25) is 4.79 Å². The summed E-state index contributed by atoms with van der Waals surface area (Å²) >= 11 is 0. The Balaban J connectivity index is 3.75. The lowest BCUT2D eigenvalue weighted by Gasteiger charge is -2.23. The van der Waals surface area contributed by atoms with Crippen LogP contribution in [0.15, 0.2) is 12.2 Å². The van der Waals surface area contributed by atoms with Crippen molar-refractivity contribution >= 4 is 5.97 Å². The van der Waals surface area contributed by atoms with Crippen molar-refractivity contribution in [3.63, 3.8) is 0 Å². The number of allylic oxidation sites excluding steroid dienone is 1. The largest absolute Gasteiger partial charge is 0.480 e. The zero-order chi connectivity index (χ0) is 20.7. The minimum Gasteiger partial charge on any atom is -0.480 e. The number of unbranched alkanes of at least 4 members (excludes halogenated alkanes) is 7. The SMILES string of the molecule is CCCCCC[C@H](O)CCCCCC/C=C/[C@H](O)[C@@H](O)[C@H](O)[C@H](N)C(=O)O. The second kappa shape index (κ2) is 16.0. The fraction of sp³-hybridized carbons (Fsp3) is 0.850. The number of carbonyl (C=O) groups is 1. The first-order valence-corrected chi connectivity index (χ1v) is 10.2. The minimum absolute atomic E-state index is 0.193. The minimum atomic E-state index is -1.74. The van der Waals surface area contributed by atoms with Crippen molar-refractivity contribution in [3.8, 4) is 0 Å². The maximum Gasteiger partial charge on any atom is 0.323 e. The van der Waals surface area contributed by atoms with Gasteiger partial charge in [-0.15, -0.1) is 0 Å². The molecule has 0 aromatic rings. The average molecular weight is 390 g/mol. The lowest BCUT2D eigenvalue weighted by molar-refractivity contribution is -0.145. The number of aliphatic hydroxyl groups excluding tert-OH is 4. The first-order valence-electron chi connectivity index (χ1n) is 10.2. The van der Waals surface area contributed by atoms with Crippen LogP contribution in [0.25, 0.3) is 0 Å². The summed E-state index contributed by atoms with van der Waals surface area (Å²) in [5.41, 5.74) is 5.22. The van der Waals surface area contributed by atoms with Crippen LogP contribution in [-0.2, 0) is 4.79 Å². The number of hydrogen-bond donors (Lipinski definition) is 6. The van der Waals surface area contributed by atoms with Crippen molar-refractivity contribution in [2.75, 3.05) is 0 Å². The fourth-order valence-electron chi connectivity index (χ4n) is 2.86. The molecule has 7 nitrogen and oxygen atoms in total. The summed E-state index contributed by atoms with van der Waals surface area (Å²) in [6.45, 7) is 2.17. The van der Waals surface area contributed by atoms with Crippen LogP contribution < -0.4 is 5.73 Å². The molecule has 27 heavy (non-hydrogen) atoms. The molecule has 0 fully saturated rings. The number of rotatable bonds is 17. The van der Waals surface area contributed by atoms with Gasteiger partial charge < -0.3 is 31.3 Å². The molecule has 7 N–H and O–H groups in total. The Labute approximate surface area is 162 Å². The molecule has 0 saturated carbocycles. The monoisotopic (exact) mass is 389 g/mol. The summed E-state index contributed by atoms with van der Waals surface area (Å²) in [6, 6.07) is -1.65. The van der Waals surface area contributed by atoms with Crippen LogP contribution in [0, 0.1) is 0 Å². The van der Waals surface area contributed by atoms with Gasteiger partial charge in [-0.2, -0.15) is 0 Å². The van der Waals surface area contributed by atoms with Gasteiger partial charge in [-0.1, -0.05) is 64.0 Å². The number of aliphatic carboxylic acids is 1. The van der Waals surface area contributed by atoms with E-state index in [1.54, 1.807) is 6.08 Å². The smallest absolute Gasteiger partial charge is 0.323 e. The molecule has 7 heteroatoms. The molecule has 0 radical (unpaired) electrons. The zero-order valence-corrected chi connectivity index (χ0v) is 16.5. The van der Waals surface area contributed by atoms with Crippen LogP contribution in [0.2, 0.25) is 0 Å². The van der Waals surface area contributed by atoms with E-state index in [-0.39, 0.29) is 6.10 Å². The van der Waals surface area contributed by atoms with Crippen LogP contribution in [-0.4, -0.2) is 62.0 Å². The Morgan fingerprint density at radius 3 is 2.00 bits per heavy atom. The lowest BCUT2D eigenvalue weighted by atomic mass is 10.0. The highest BCUT2D eigenvalue weighted by Crippen LogP contribution is 2.13. The molecule has 0 bridgehead atoms. The molecule has 0 aliphatic rings. The second-order valence-electron chi connectivity index (χ2n) is 7.26. The van der Waals surface area contributed by atoms with Crippen LogP contribution in [0.1, 0.15) is 77.6 Å². The molecule has 0 rings (SSSR count). The number of hydrogen-bond acceptors (Lipinski definition) is 6. The molecule has 0 aromatic heterocycles. The van der Waals surface area contributed by atoms with Gasteiger partial charge in [0.25, 0.3) is 0 Å². The van der Waals surface area contributed by atoms with Crippen LogP contribution in [0.4, 0.5) is 0 Å². The normalized spacial score (nSPS) is 17.6. The Bertz CT molecular complexity index is 404. The third-order valence-corrected chi connectivity index (χ3v) is 4.74. The molecule has 0 spiro atoms. The van der Waals surface area contributed by atoms with E-state index in [0.29, 0.717) is 6.42 Å². The number of nitrogens with two attached hydrogens (primary N) is 1. The molecule has 0 aromatic carbocycles. The average Bonchev–Trinajstić information content (AvgIpc) is 2.65. The quantitative estimate of drug-likeness (QED) is 0.164. The van der Waals surface area contributed by atoms with Gasteiger partial charge in [0, 0.05) is 0 Å².